The lowest BCUT2D eigenvalue weighted by Crippen LogP contribution is -1.77. The average Bonchev–Trinajstić information content (AvgIpc) is 2.68. The van der Waals surface area contributed by atoms with Crippen molar-refractivity contribution in [3.05, 3.63) is 35.4 Å². The van der Waals surface area contributed by atoms with Crippen LogP contribution in [0.2, 0.25) is 0 Å². The van der Waals surface area contributed by atoms with E-state index >= 15 is 0 Å². The van der Waals surface area contributed by atoms with Gasteiger partial charge < -0.3 is 0 Å². The maximum Gasteiger partial charge on any atom is -0.0307 e. The zero-order chi connectivity index (χ0) is 20.2. The van der Waals surface area contributed by atoms with E-state index in [1.54, 1.807) is 0 Å². The number of hydrogen-bond donors (Lipinski definition) is 0. The molecule has 1 rings (SSSR count). The van der Waals surface area contributed by atoms with Gasteiger partial charge in [-0.2, -0.15) is 0 Å². The van der Waals surface area contributed by atoms with E-state index in [1.165, 1.54) is 43.2 Å². The Kier molecular flexibility index (Phi) is 77.9. The SMILES string of the molecule is C.CC.CC.CC.CCCC.CCCCC.CCc1ccc(C)cc1. The van der Waals surface area contributed by atoms with Gasteiger partial charge in [-0.3, -0.25) is 0 Å². The Morgan fingerprint density at radius 3 is 1.04 bits per heavy atom. The lowest BCUT2D eigenvalue weighted by molar-refractivity contribution is 0.772. The number of aryl methyl sites for hydroxylation is 2. The van der Waals surface area contributed by atoms with Crippen molar-refractivity contribution in [1.82, 2.24) is 0 Å². The standard InChI is InChI=1S/C9H12.C5H12.C4H10.3C2H6.CH4/c1-3-9-6-4-8(2)5-7-9;1-3-5-4-2;1-3-4-2;3*1-2;/h4-7H,3H2,1-2H3;3-5H2,1-2H3;3-4H2,1-2H3;3*1-2H3;1H4. The van der Waals surface area contributed by atoms with E-state index in [4.69, 9.17) is 0 Å². The predicted octanol–water partition coefficient (Wildman–Crippen LogP) is 10.3. The lowest BCUT2D eigenvalue weighted by Gasteiger charge is -1.94. The van der Waals surface area contributed by atoms with Crippen LogP contribution in [0.5, 0.6) is 0 Å². The van der Waals surface area contributed by atoms with Crippen molar-refractivity contribution < 1.29 is 0 Å². The smallest absolute Gasteiger partial charge is 0.0307 e. The first-order valence-electron chi connectivity index (χ1n) is 10.7. The third-order valence-electron chi connectivity index (χ3n) is 2.74. The molecular weight excluding hydrogens is 300 g/mol. The summed E-state index contributed by atoms with van der Waals surface area (Å²) in [4.78, 5) is 0. The molecule has 0 aliphatic rings. The minimum absolute atomic E-state index is 0. The highest BCUT2D eigenvalue weighted by Crippen LogP contribution is 2.02. The van der Waals surface area contributed by atoms with Gasteiger partial charge >= 0.3 is 0 Å². The highest BCUT2D eigenvalue weighted by atomic mass is 13.9. The molecule has 0 fully saturated rings. The molecule has 0 aliphatic carbocycles. The Labute approximate surface area is 164 Å². The Balaban J connectivity index is -0.0000000492. The molecule has 1 aromatic rings. The van der Waals surface area contributed by atoms with E-state index in [1.807, 2.05) is 41.5 Å². The third kappa shape index (κ3) is 51.7. The fourth-order valence-corrected chi connectivity index (χ4v) is 1.18. The van der Waals surface area contributed by atoms with Crippen LogP contribution in [0.15, 0.2) is 24.3 Å². The number of unbranched alkanes of at least 4 members (excludes halogenated alkanes) is 3. The van der Waals surface area contributed by atoms with Crippen molar-refractivity contribution in [2.75, 3.05) is 0 Å². The number of rotatable bonds is 4. The van der Waals surface area contributed by atoms with Gasteiger partial charge in [0.05, 0.1) is 0 Å². The fraction of sp³-hybridized carbons (Fsp3) is 0.760. The monoisotopic (exact) mass is 356 g/mol. The summed E-state index contributed by atoms with van der Waals surface area (Å²) in [6, 6.07) is 8.66. The van der Waals surface area contributed by atoms with Crippen LogP contribution in [0.1, 0.15) is 127 Å². The molecule has 0 aliphatic heterocycles. The molecule has 25 heavy (non-hydrogen) atoms. The second-order valence-corrected chi connectivity index (χ2v) is 4.69. The van der Waals surface area contributed by atoms with E-state index in [0.29, 0.717) is 0 Å². The average molecular weight is 357 g/mol. The summed E-state index contributed by atoms with van der Waals surface area (Å²) in [5, 5.41) is 0. The molecule has 0 unspecified atom stereocenters. The maximum atomic E-state index is 2.21. The van der Waals surface area contributed by atoms with Gasteiger partial charge in [0, 0.05) is 0 Å². The number of benzene rings is 1. The van der Waals surface area contributed by atoms with Crippen LogP contribution in [0.25, 0.3) is 0 Å². The number of hydrogen-bond acceptors (Lipinski definition) is 0. The molecule has 1 aromatic carbocycles. The van der Waals surface area contributed by atoms with Gasteiger partial charge in [-0.15, -0.1) is 0 Å². The van der Waals surface area contributed by atoms with Gasteiger partial charge in [0.2, 0.25) is 0 Å². The Morgan fingerprint density at radius 2 is 0.880 bits per heavy atom. The summed E-state index contributed by atoms with van der Waals surface area (Å²) in [5.74, 6) is 0. The van der Waals surface area contributed by atoms with E-state index in [-0.39, 0.29) is 7.43 Å². The van der Waals surface area contributed by atoms with Crippen LogP contribution < -0.4 is 0 Å². The molecular formula is C25H56. The Morgan fingerprint density at radius 1 is 0.560 bits per heavy atom. The van der Waals surface area contributed by atoms with Gasteiger partial charge in [0.1, 0.15) is 0 Å². The molecule has 156 valence electrons. The maximum absolute atomic E-state index is 2.21. The first-order valence-corrected chi connectivity index (χ1v) is 10.7. The molecule has 0 spiro atoms. The van der Waals surface area contributed by atoms with Gasteiger partial charge in [-0.25, -0.2) is 0 Å². The van der Waals surface area contributed by atoms with Crippen molar-refractivity contribution in [3.8, 4) is 0 Å². The van der Waals surface area contributed by atoms with Crippen LogP contribution in [-0.4, -0.2) is 0 Å². The molecule has 0 N–H and O–H groups in total. The van der Waals surface area contributed by atoms with E-state index in [0.717, 1.165) is 6.42 Å². The summed E-state index contributed by atoms with van der Waals surface area (Å²) in [5.41, 5.74) is 2.76. The molecule has 0 heteroatoms. The normalized spacial score (nSPS) is 7.04. The van der Waals surface area contributed by atoms with Crippen molar-refractivity contribution in [2.45, 2.75) is 129 Å². The summed E-state index contributed by atoms with van der Waals surface area (Å²) in [6.45, 7) is 25.1. The van der Waals surface area contributed by atoms with Crippen molar-refractivity contribution >= 4 is 0 Å². The van der Waals surface area contributed by atoms with Crippen LogP contribution in [-0.2, 0) is 6.42 Å². The van der Waals surface area contributed by atoms with Gasteiger partial charge in [-0.1, -0.05) is 146 Å². The highest BCUT2D eigenvalue weighted by Gasteiger charge is 1.84. The van der Waals surface area contributed by atoms with Crippen molar-refractivity contribution in [2.24, 2.45) is 0 Å². The molecule has 0 nitrogen and oxygen atoms in total. The Hall–Kier alpha value is -0.780. The minimum Gasteiger partial charge on any atom is -0.0776 e. The van der Waals surface area contributed by atoms with Crippen LogP contribution >= 0.6 is 0 Å². The summed E-state index contributed by atoms with van der Waals surface area (Å²) in [6.07, 6.45) is 7.85. The van der Waals surface area contributed by atoms with Crippen LogP contribution in [0, 0.1) is 6.92 Å². The quantitative estimate of drug-likeness (QED) is 0.503. The molecule has 0 heterocycles. The molecule has 0 atom stereocenters. The van der Waals surface area contributed by atoms with Crippen LogP contribution in [0.4, 0.5) is 0 Å². The zero-order valence-electron chi connectivity index (χ0n) is 19.6. The second-order valence-electron chi connectivity index (χ2n) is 4.69. The lowest BCUT2D eigenvalue weighted by atomic mass is 10.1. The molecule has 0 saturated carbocycles. The second kappa shape index (κ2) is 49.5. The zero-order valence-corrected chi connectivity index (χ0v) is 19.6. The van der Waals surface area contributed by atoms with E-state index in [2.05, 4.69) is 65.8 Å². The van der Waals surface area contributed by atoms with Crippen molar-refractivity contribution in [1.29, 1.82) is 0 Å². The molecule has 0 radical (unpaired) electrons. The topological polar surface area (TPSA) is 0 Å². The molecule has 0 aromatic heterocycles. The first kappa shape index (κ1) is 39.3. The van der Waals surface area contributed by atoms with Gasteiger partial charge in [-0.05, 0) is 18.9 Å². The summed E-state index contributed by atoms with van der Waals surface area (Å²) >= 11 is 0. The van der Waals surface area contributed by atoms with E-state index < -0.39 is 0 Å². The first-order chi connectivity index (χ1) is 11.7. The minimum atomic E-state index is 0. The van der Waals surface area contributed by atoms with Crippen molar-refractivity contribution in [3.63, 3.8) is 0 Å². The van der Waals surface area contributed by atoms with Gasteiger partial charge in [0.15, 0.2) is 0 Å². The molecule has 0 amide bonds. The Bertz CT molecular complexity index is 229. The van der Waals surface area contributed by atoms with E-state index in [9.17, 15) is 0 Å². The fourth-order valence-electron chi connectivity index (χ4n) is 1.18. The van der Waals surface area contributed by atoms with Gasteiger partial charge in [0.25, 0.3) is 0 Å². The van der Waals surface area contributed by atoms with Crippen LogP contribution in [0.3, 0.4) is 0 Å². The third-order valence-corrected chi connectivity index (χ3v) is 2.74. The largest absolute Gasteiger partial charge is 0.0776 e. The highest BCUT2D eigenvalue weighted by molar-refractivity contribution is 5.20. The summed E-state index contributed by atoms with van der Waals surface area (Å²) in [7, 11) is 0. The summed E-state index contributed by atoms with van der Waals surface area (Å²) < 4.78 is 0. The molecule has 0 saturated heterocycles. The predicted molar refractivity (Wildman–Crippen MR) is 127 cm³/mol. The molecule has 0 bridgehead atoms.